The quantitative estimate of drug-likeness (QED) is 0.239. The van der Waals surface area contributed by atoms with Gasteiger partial charge in [0, 0.05) is 44.2 Å². The Labute approximate surface area is 208 Å². The minimum atomic E-state index is 0.256. The topological polar surface area (TPSA) is 117 Å². The van der Waals surface area contributed by atoms with Crippen molar-refractivity contribution in [1.29, 1.82) is 5.26 Å². The van der Waals surface area contributed by atoms with Gasteiger partial charge in [-0.2, -0.15) is 5.26 Å². The molecule has 1 N–H and O–H groups in total. The number of guanidine groups is 1. The summed E-state index contributed by atoms with van der Waals surface area (Å²) in [5.41, 5.74) is 1.89. The number of nitrogens with one attached hydrogen (secondary N) is 1. The fourth-order valence-corrected chi connectivity index (χ4v) is 4.41. The van der Waals surface area contributed by atoms with E-state index in [1.165, 1.54) is 0 Å². The second-order valence-electron chi connectivity index (χ2n) is 8.28. The number of fused-ring (bicyclic) bond motifs is 2. The van der Waals surface area contributed by atoms with Crippen LogP contribution in [0.5, 0.6) is 23.0 Å². The van der Waals surface area contributed by atoms with E-state index >= 15 is 0 Å². The van der Waals surface area contributed by atoms with Crippen molar-refractivity contribution in [3.63, 3.8) is 0 Å². The molecule has 3 heterocycles. The fraction of sp³-hybridized carbons (Fsp3) is 0.360. The van der Waals surface area contributed by atoms with E-state index < -0.39 is 0 Å². The number of benzene rings is 2. The molecule has 0 spiro atoms. The number of hydrogen-bond donors (Lipinski definition) is 1. The highest BCUT2D eigenvalue weighted by Crippen LogP contribution is 2.35. The zero-order valence-electron chi connectivity index (χ0n) is 20.2. The Morgan fingerprint density at radius 1 is 1.06 bits per heavy atom. The Hall–Kier alpha value is -4.46. The first kappa shape index (κ1) is 23.3. The molecule has 1 saturated heterocycles. The monoisotopic (exact) mass is 489 g/mol. The minimum Gasteiger partial charge on any atom is -0.493 e. The molecular formula is C25H27N7O4. The SMILES string of the molecule is COc1cc2ncnc(N3CCN(C(=NCCc4ccc5c(c4)OCO5)NC#N)CC3)c2cc1OC. The molecule has 2 aliphatic heterocycles. The lowest BCUT2D eigenvalue weighted by Crippen LogP contribution is -2.52. The van der Waals surface area contributed by atoms with Gasteiger partial charge < -0.3 is 28.7 Å². The summed E-state index contributed by atoms with van der Waals surface area (Å²) in [4.78, 5) is 17.9. The van der Waals surface area contributed by atoms with Crippen LogP contribution in [0.3, 0.4) is 0 Å². The lowest BCUT2D eigenvalue weighted by Gasteiger charge is -2.36. The summed E-state index contributed by atoms with van der Waals surface area (Å²) >= 11 is 0. The maximum atomic E-state index is 9.28. The number of anilines is 1. The van der Waals surface area contributed by atoms with Crippen molar-refractivity contribution in [3.05, 3.63) is 42.2 Å². The van der Waals surface area contributed by atoms with Crippen molar-refractivity contribution >= 4 is 22.7 Å². The fourth-order valence-electron chi connectivity index (χ4n) is 4.41. The van der Waals surface area contributed by atoms with Crippen molar-refractivity contribution in [2.75, 3.05) is 58.6 Å². The summed E-state index contributed by atoms with van der Waals surface area (Å²) in [6.45, 7) is 3.61. The molecule has 36 heavy (non-hydrogen) atoms. The van der Waals surface area contributed by atoms with Gasteiger partial charge in [-0.1, -0.05) is 6.07 Å². The van der Waals surface area contributed by atoms with E-state index in [4.69, 9.17) is 18.9 Å². The Morgan fingerprint density at radius 3 is 2.61 bits per heavy atom. The molecule has 1 aromatic heterocycles. The molecule has 0 aliphatic carbocycles. The van der Waals surface area contributed by atoms with E-state index in [1.807, 2.05) is 36.5 Å². The minimum absolute atomic E-state index is 0.256. The predicted octanol–water partition coefficient (Wildman–Crippen LogP) is 2.17. The van der Waals surface area contributed by atoms with E-state index in [9.17, 15) is 5.26 Å². The molecule has 5 rings (SSSR count). The van der Waals surface area contributed by atoms with Crippen molar-refractivity contribution in [2.45, 2.75) is 6.42 Å². The number of nitriles is 1. The summed E-state index contributed by atoms with van der Waals surface area (Å²) in [5, 5.41) is 12.9. The average Bonchev–Trinajstić information content (AvgIpc) is 3.39. The molecule has 2 aliphatic rings. The van der Waals surface area contributed by atoms with E-state index in [-0.39, 0.29) is 6.79 Å². The van der Waals surface area contributed by atoms with Gasteiger partial charge in [-0.15, -0.1) is 0 Å². The normalized spacial score (nSPS) is 15.1. The summed E-state index contributed by atoms with van der Waals surface area (Å²) < 4.78 is 21.7. The van der Waals surface area contributed by atoms with Crippen molar-refractivity contribution in [3.8, 4) is 29.2 Å². The highest BCUT2D eigenvalue weighted by molar-refractivity contribution is 5.92. The predicted molar refractivity (Wildman–Crippen MR) is 134 cm³/mol. The second kappa shape index (κ2) is 10.4. The third-order valence-electron chi connectivity index (χ3n) is 6.27. The number of ether oxygens (including phenoxy) is 4. The first-order valence-electron chi connectivity index (χ1n) is 11.6. The van der Waals surface area contributed by atoms with Gasteiger partial charge >= 0.3 is 0 Å². The third-order valence-corrected chi connectivity index (χ3v) is 6.27. The van der Waals surface area contributed by atoms with Crippen LogP contribution in [0.4, 0.5) is 5.82 Å². The van der Waals surface area contributed by atoms with Crippen LogP contribution >= 0.6 is 0 Å². The van der Waals surface area contributed by atoms with Crippen LogP contribution in [0.1, 0.15) is 5.56 Å². The maximum absolute atomic E-state index is 9.28. The molecule has 186 valence electrons. The lowest BCUT2D eigenvalue weighted by atomic mass is 10.1. The van der Waals surface area contributed by atoms with Crippen molar-refractivity contribution < 1.29 is 18.9 Å². The Kier molecular flexibility index (Phi) is 6.75. The molecule has 0 atom stereocenters. The third kappa shape index (κ3) is 4.70. The number of rotatable bonds is 6. The molecular weight excluding hydrogens is 462 g/mol. The smallest absolute Gasteiger partial charge is 0.231 e. The van der Waals surface area contributed by atoms with Gasteiger partial charge in [-0.3, -0.25) is 10.3 Å². The Balaban J connectivity index is 1.26. The summed E-state index contributed by atoms with van der Waals surface area (Å²) in [7, 11) is 3.22. The molecule has 2 aromatic carbocycles. The van der Waals surface area contributed by atoms with Crippen LogP contribution in [-0.4, -0.2) is 74.6 Å². The highest BCUT2D eigenvalue weighted by Gasteiger charge is 2.23. The van der Waals surface area contributed by atoms with Gasteiger partial charge in [0.2, 0.25) is 12.8 Å². The molecule has 0 unspecified atom stereocenters. The van der Waals surface area contributed by atoms with E-state index in [2.05, 4.69) is 30.1 Å². The molecule has 3 aromatic rings. The van der Waals surface area contributed by atoms with Gasteiger partial charge in [-0.25, -0.2) is 9.97 Å². The van der Waals surface area contributed by atoms with Crippen LogP contribution in [0.2, 0.25) is 0 Å². The van der Waals surface area contributed by atoms with Crippen LogP contribution in [0.15, 0.2) is 41.7 Å². The Bertz CT molecular complexity index is 1320. The number of piperazine rings is 1. The zero-order chi connectivity index (χ0) is 24.9. The summed E-state index contributed by atoms with van der Waals surface area (Å²) in [6, 6.07) is 9.67. The standard InChI is InChI=1S/C25H27N7O4/c1-33-21-12-18-19(13-22(21)34-2)29-15-30-24(18)31-7-9-32(10-8-31)25(28-14-26)27-6-5-17-3-4-20-23(11-17)36-16-35-20/h3-4,11-13,15H,5-10,16H2,1-2H3,(H,27,28). The number of nitrogens with zero attached hydrogens (tertiary/aromatic N) is 6. The highest BCUT2D eigenvalue weighted by atomic mass is 16.7. The molecule has 0 bridgehead atoms. The molecule has 11 nitrogen and oxygen atoms in total. The van der Waals surface area contributed by atoms with Gasteiger partial charge in [0.1, 0.15) is 12.1 Å². The van der Waals surface area contributed by atoms with Crippen LogP contribution in [0, 0.1) is 11.5 Å². The van der Waals surface area contributed by atoms with Crippen LogP contribution in [0.25, 0.3) is 10.9 Å². The molecule has 1 fully saturated rings. The number of aliphatic imine (C=N–C) groups is 1. The maximum Gasteiger partial charge on any atom is 0.231 e. The first-order chi connectivity index (χ1) is 17.7. The molecule has 0 radical (unpaired) electrons. The van der Waals surface area contributed by atoms with E-state index in [0.29, 0.717) is 37.1 Å². The lowest BCUT2D eigenvalue weighted by molar-refractivity contribution is 0.174. The first-order valence-corrected chi connectivity index (χ1v) is 11.6. The van der Waals surface area contributed by atoms with Gasteiger partial charge in [-0.05, 0) is 30.2 Å². The van der Waals surface area contributed by atoms with Crippen molar-refractivity contribution in [1.82, 2.24) is 20.2 Å². The van der Waals surface area contributed by atoms with Crippen LogP contribution < -0.4 is 29.2 Å². The molecule has 11 heteroatoms. The van der Waals surface area contributed by atoms with Gasteiger partial charge in [0.15, 0.2) is 29.2 Å². The largest absolute Gasteiger partial charge is 0.493 e. The summed E-state index contributed by atoms with van der Waals surface area (Å²) in [6.07, 6.45) is 4.31. The van der Waals surface area contributed by atoms with Crippen molar-refractivity contribution in [2.24, 2.45) is 4.99 Å². The Morgan fingerprint density at radius 2 is 1.83 bits per heavy atom. The number of hydrogen-bond acceptors (Lipinski definition) is 9. The zero-order valence-corrected chi connectivity index (χ0v) is 20.2. The summed E-state index contributed by atoms with van der Waals surface area (Å²) in [5.74, 6) is 4.21. The van der Waals surface area contributed by atoms with Gasteiger partial charge in [0.05, 0.1) is 19.7 Å². The van der Waals surface area contributed by atoms with E-state index in [1.54, 1.807) is 20.5 Å². The second-order valence-corrected chi connectivity index (χ2v) is 8.28. The average molecular weight is 490 g/mol. The number of methoxy groups -OCH3 is 2. The molecule has 0 saturated carbocycles. The molecule has 0 amide bonds. The van der Waals surface area contributed by atoms with Gasteiger partial charge in [0.25, 0.3) is 0 Å². The number of aromatic nitrogens is 2. The van der Waals surface area contributed by atoms with E-state index in [0.717, 1.165) is 53.3 Å². The van der Waals surface area contributed by atoms with Crippen LogP contribution in [-0.2, 0) is 6.42 Å².